The molecule has 1 rings (SSSR count). The quantitative estimate of drug-likeness (QED) is 0.770. The monoisotopic (exact) mass is 277 g/mol. The van der Waals surface area contributed by atoms with E-state index in [0.717, 1.165) is 13.2 Å². The molecule has 0 saturated carbocycles. The van der Waals surface area contributed by atoms with Gasteiger partial charge in [-0.3, -0.25) is 0 Å². The predicted molar refractivity (Wildman–Crippen MR) is 61.5 cm³/mol. The van der Waals surface area contributed by atoms with E-state index in [4.69, 9.17) is 5.11 Å². The third-order valence-corrected chi connectivity index (χ3v) is 2.38. The van der Waals surface area contributed by atoms with Crippen LogP contribution < -0.4 is 5.32 Å². The Hall–Kier alpha value is -1.60. The molecule has 0 fully saturated rings. The number of aliphatic hydroxyl groups excluding tert-OH is 1. The standard InChI is InChI=1S/C12H14F3NO3/c1-19-11(18)9-3-2-8(4-10(9)13)5-16-6-12(14,15)7-17/h2-4,16-17H,5-7H2,1H3. The van der Waals surface area contributed by atoms with Gasteiger partial charge < -0.3 is 15.2 Å². The molecule has 2 N–H and O–H groups in total. The number of benzene rings is 1. The van der Waals surface area contributed by atoms with Crippen molar-refractivity contribution in [2.75, 3.05) is 20.3 Å². The Morgan fingerprint density at radius 1 is 1.47 bits per heavy atom. The molecule has 0 radical (unpaired) electrons. The highest BCUT2D eigenvalue weighted by Crippen LogP contribution is 2.13. The Kier molecular flexibility index (Phi) is 5.31. The molecule has 0 unspecified atom stereocenters. The Labute approximate surface area is 108 Å². The van der Waals surface area contributed by atoms with Gasteiger partial charge in [0.25, 0.3) is 5.92 Å². The van der Waals surface area contributed by atoms with Crippen LogP contribution in [0.2, 0.25) is 0 Å². The minimum absolute atomic E-state index is 0.00599. The number of nitrogens with one attached hydrogen (secondary N) is 1. The van der Waals surface area contributed by atoms with Crippen molar-refractivity contribution < 1.29 is 27.8 Å². The van der Waals surface area contributed by atoms with Crippen LogP contribution in [0.3, 0.4) is 0 Å². The number of ether oxygens (including phenoxy) is 1. The van der Waals surface area contributed by atoms with Crippen molar-refractivity contribution in [1.29, 1.82) is 0 Å². The van der Waals surface area contributed by atoms with E-state index >= 15 is 0 Å². The van der Waals surface area contributed by atoms with E-state index < -0.39 is 30.9 Å². The highest BCUT2D eigenvalue weighted by Gasteiger charge is 2.26. The van der Waals surface area contributed by atoms with Crippen molar-refractivity contribution in [2.24, 2.45) is 0 Å². The van der Waals surface area contributed by atoms with Crippen molar-refractivity contribution in [1.82, 2.24) is 5.32 Å². The molecule has 0 aromatic heterocycles. The van der Waals surface area contributed by atoms with Crippen molar-refractivity contribution in [3.8, 4) is 0 Å². The zero-order valence-electron chi connectivity index (χ0n) is 10.3. The molecule has 19 heavy (non-hydrogen) atoms. The van der Waals surface area contributed by atoms with Crippen molar-refractivity contribution in [3.05, 3.63) is 35.1 Å². The maximum Gasteiger partial charge on any atom is 0.340 e. The van der Waals surface area contributed by atoms with Gasteiger partial charge in [-0.05, 0) is 17.7 Å². The van der Waals surface area contributed by atoms with E-state index in [9.17, 15) is 18.0 Å². The van der Waals surface area contributed by atoms with Crippen LogP contribution in [0, 0.1) is 5.82 Å². The molecule has 0 atom stereocenters. The van der Waals surface area contributed by atoms with Crippen LogP contribution in [0.4, 0.5) is 13.2 Å². The molecule has 0 heterocycles. The number of carbonyl (C=O) groups is 1. The van der Waals surface area contributed by atoms with Crippen LogP contribution in [-0.4, -0.2) is 37.3 Å². The van der Waals surface area contributed by atoms with Crippen LogP contribution in [-0.2, 0) is 11.3 Å². The third kappa shape index (κ3) is 4.53. The molecular formula is C12H14F3NO3. The Morgan fingerprint density at radius 3 is 2.68 bits per heavy atom. The summed E-state index contributed by atoms with van der Waals surface area (Å²) in [5.41, 5.74) is 0.186. The summed E-state index contributed by atoms with van der Waals surface area (Å²) >= 11 is 0. The third-order valence-electron chi connectivity index (χ3n) is 2.38. The topological polar surface area (TPSA) is 58.6 Å². The number of alkyl halides is 2. The normalized spacial score (nSPS) is 11.4. The highest BCUT2D eigenvalue weighted by molar-refractivity contribution is 5.89. The Morgan fingerprint density at radius 2 is 2.16 bits per heavy atom. The fourth-order valence-electron chi connectivity index (χ4n) is 1.39. The van der Waals surface area contributed by atoms with Gasteiger partial charge >= 0.3 is 5.97 Å². The summed E-state index contributed by atoms with van der Waals surface area (Å²) in [4.78, 5) is 11.1. The molecule has 106 valence electrons. The fourth-order valence-corrected chi connectivity index (χ4v) is 1.39. The van der Waals surface area contributed by atoms with E-state index in [1.54, 1.807) is 0 Å². The number of hydrogen-bond donors (Lipinski definition) is 2. The largest absolute Gasteiger partial charge is 0.465 e. The number of esters is 1. The Balaban J connectivity index is 2.62. The summed E-state index contributed by atoms with van der Waals surface area (Å²) in [6.45, 7) is -1.98. The molecule has 7 heteroatoms. The summed E-state index contributed by atoms with van der Waals surface area (Å²) in [7, 11) is 1.13. The first-order valence-corrected chi connectivity index (χ1v) is 5.46. The second-order valence-corrected chi connectivity index (χ2v) is 3.92. The first-order valence-electron chi connectivity index (χ1n) is 5.46. The molecule has 0 saturated heterocycles. The molecule has 4 nitrogen and oxygen atoms in total. The first-order chi connectivity index (χ1) is 8.89. The lowest BCUT2D eigenvalue weighted by Crippen LogP contribution is -2.35. The minimum atomic E-state index is -3.22. The van der Waals surface area contributed by atoms with Gasteiger partial charge in [-0.15, -0.1) is 0 Å². The number of methoxy groups -OCH3 is 1. The SMILES string of the molecule is COC(=O)c1ccc(CNCC(F)(F)CO)cc1F. The van der Waals surface area contributed by atoms with E-state index in [1.807, 2.05) is 0 Å². The number of halogens is 3. The van der Waals surface area contributed by atoms with Gasteiger partial charge in [0.2, 0.25) is 0 Å². The second-order valence-electron chi connectivity index (χ2n) is 3.92. The van der Waals surface area contributed by atoms with E-state index in [1.165, 1.54) is 12.1 Å². The van der Waals surface area contributed by atoms with Crippen LogP contribution in [0.1, 0.15) is 15.9 Å². The lowest BCUT2D eigenvalue weighted by molar-refractivity contribution is -0.0477. The van der Waals surface area contributed by atoms with Gasteiger partial charge in [-0.1, -0.05) is 6.07 Å². The zero-order chi connectivity index (χ0) is 14.5. The maximum absolute atomic E-state index is 13.5. The van der Waals surface area contributed by atoms with Gasteiger partial charge in [0.15, 0.2) is 0 Å². The van der Waals surface area contributed by atoms with Crippen LogP contribution >= 0.6 is 0 Å². The van der Waals surface area contributed by atoms with Gasteiger partial charge in [0, 0.05) is 6.54 Å². The van der Waals surface area contributed by atoms with Gasteiger partial charge in [-0.2, -0.15) is 0 Å². The number of aliphatic hydroxyl groups is 1. The molecule has 0 aliphatic carbocycles. The highest BCUT2D eigenvalue weighted by atomic mass is 19.3. The van der Waals surface area contributed by atoms with Crippen LogP contribution in [0.25, 0.3) is 0 Å². The molecular weight excluding hydrogens is 263 g/mol. The predicted octanol–water partition coefficient (Wildman–Crippen LogP) is 1.33. The average Bonchev–Trinajstić information content (AvgIpc) is 2.38. The summed E-state index contributed by atoms with van der Waals surface area (Å²) in [5, 5.41) is 10.7. The lowest BCUT2D eigenvalue weighted by Gasteiger charge is -2.14. The van der Waals surface area contributed by atoms with Gasteiger partial charge in [0.05, 0.1) is 19.2 Å². The zero-order valence-corrected chi connectivity index (χ0v) is 10.3. The maximum atomic E-state index is 13.5. The van der Waals surface area contributed by atoms with E-state index in [2.05, 4.69) is 10.1 Å². The molecule has 0 aliphatic rings. The molecule has 0 aliphatic heterocycles. The number of hydrogen-bond acceptors (Lipinski definition) is 4. The summed E-state index contributed by atoms with van der Waals surface area (Å²) < 4.78 is 43.3. The molecule has 1 aromatic carbocycles. The molecule has 1 aromatic rings. The van der Waals surface area contributed by atoms with Gasteiger partial charge in [-0.25, -0.2) is 18.0 Å². The van der Waals surface area contributed by atoms with Crippen molar-refractivity contribution >= 4 is 5.97 Å². The molecule has 0 amide bonds. The molecule has 0 spiro atoms. The average molecular weight is 277 g/mol. The van der Waals surface area contributed by atoms with Crippen LogP contribution in [0.15, 0.2) is 18.2 Å². The van der Waals surface area contributed by atoms with E-state index in [0.29, 0.717) is 5.56 Å². The van der Waals surface area contributed by atoms with Crippen LogP contribution in [0.5, 0.6) is 0 Å². The second kappa shape index (κ2) is 6.53. The Bertz CT molecular complexity index is 452. The number of rotatable bonds is 6. The van der Waals surface area contributed by atoms with Gasteiger partial charge in [0.1, 0.15) is 12.4 Å². The van der Waals surface area contributed by atoms with Crippen molar-refractivity contribution in [2.45, 2.75) is 12.5 Å². The van der Waals surface area contributed by atoms with E-state index in [-0.39, 0.29) is 12.1 Å². The first kappa shape index (κ1) is 15.5. The smallest absolute Gasteiger partial charge is 0.340 e. The minimum Gasteiger partial charge on any atom is -0.465 e. The fraction of sp³-hybridized carbons (Fsp3) is 0.417. The summed E-state index contributed by atoms with van der Waals surface area (Å²) in [6, 6.07) is 3.72. The number of carbonyl (C=O) groups excluding carboxylic acids is 1. The molecule has 0 bridgehead atoms. The van der Waals surface area contributed by atoms with Crippen molar-refractivity contribution in [3.63, 3.8) is 0 Å². The summed E-state index contributed by atoms with van der Waals surface area (Å²) in [5.74, 6) is -4.80. The lowest BCUT2D eigenvalue weighted by atomic mass is 10.1. The summed E-state index contributed by atoms with van der Waals surface area (Å²) in [6.07, 6.45) is 0.